The molecule has 4 aromatic rings. The molecule has 5 rings (SSSR count). The first-order chi connectivity index (χ1) is 18.0. The smallest absolute Gasteiger partial charge is 0.262 e. The first-order valence-electron chi connectivity index (χ1n) is 11.9. The van der Waals surface area contributed by atoms with Gasteiger partial charge in [0.15, 0.2) is 0 Å². The maximum absolute atomic E-state index is 13.5. The molecule has 0 saturated heterocycles. The third-order valence-corrected chi connectivity index (χ3v) is 8.28. The van der Waals surface area contributed by atoms with E-state index in [0.717, 1.165) is 5.39 Å². The summed E-state index contributed by atoms with van der Waals surface area (Å²) in [5.41, 5.74) is 6.77. The Labute approximate surface area is 232 Å². The number of benzene rings is 4. The fourth-order valence-electron chi connectivity index (χ4n) is 4.78. The van der Waals surface area contributed by atoms with E-state index < -0.39 is 21.3 Å². The van der Waals surface area contributed by atoms with Crippen molar-refractivity contribution < 1.29 is 18.0 Å². The van der Waals surface area contributed by atoms with Crippen LogP contribution in [0.1, 0.15) is 40.9 Å². The minimum Gasteiger partial charge on any atom is -0.384 e. The number of nitrogens with two attached hydrogens (primary N) is 1. The van der Waals surface area contributed by atoms with Crippen molar-refractivity contribution in [3.63, 3.8) is 0 Å². The van der Waals surface area contributed by atoms with Gasteiger partial charge in [0.2, 0.25) is 5.91 Å². The predicted octanol–water partition coefficient (Wildman–Crippen LogP) is 4.81. The lowest BCUT2D eigenvalue weighted by Gasteiger charge is -2.37. The summed E-state index contributed by atoms with van der Waals surface area (Å²) in [5.74, 6) is -0.934. The SMILES string of the molecule is CC1(C)C(=O)N(Cc2ccc(C(=N)N)cc2)C(=O)c2cc(NS(=O)(=O)c3cccc4ccccc34)ccc21.Cl. The van der Waals surface area contributed by atoms with Crippen LogP contribution in [0.5, 0.6) is 0 Å². The Morgan fingerprint density at radius 3 is 2.31 bits per heavy atom. The molecule has 0 unspecified atom stereocenters. The second-order valence-corrected chi connectivity index (χ2v) is 11.4. The maximum Gasteiger partial charge on any atom is 0.262 e. The lowest BCUT2D eigenvalue weighted by molar-refractivity contribution is -0.134. The fraction of sp³-hybridized carbons (Fsp3) is 0.138. The molecule has 0 aromatic heterocycles. The number of carbonyl (C=O) groups excluding carboxylic acids is 2. The Balaban J connectivity index is 0.00000353. The van der Waals surface area contributed by atoms with Crippen LogP contribution in [0.4, 0.5) is 5.69 Å². The Bertz CT molecular complexity index is 1730. The van der Waals surface area contributed by atoms with Gasteiger partial charge < -0.3 is 5.73 Å². The van der Waals surface area contributed by atoms with Gasteiger partial charge in [-0.2, -0.15) is 0 Å². The average Bonchev–Trinajstić information content (AvgIpc) is 2.89. The summed E-state index contributed by atoms with van der Waals surface area (Å²) in [6.45, 7) is 3.52. The summed E-state index contributed by atoms with van der Waals surface area (Å²) in [5, 5.41) is 8.93. The standard InChI is InChI=1S/C29H26N4O4S.ClH/c1-29(2)24-15-14-21(32-38(36,37)25-9-5-7-19-6-3-4-8-22(19)25)16-23(24)27(34)33(28(29)35)17-18-10-12-20(13-11-18)26(30)31;/h3-16,32H,17H2,1-2H3,(H3,30,31);1H. The molecule has 0 bridgehead atoms. The summed E-state index contributed by atoms with van der Waals surface area (Å²) in [6.07, 6.45) is 0. The quantitative estimate of drug-likeness (QED) is 0.176. The highest BCUT2D eigenvalue weighted by Crippen LogP contribution is 2.37. The second kappa shape index (κ2) is 10.2. The highest BCUT2D eigenvalue weighted by molar-refractivity contribution is 7.93. The van der Waals surface area contributed by atoms with Crippen LogP contribution in [-0.4, -0.2) is 31.0 Å². The average molecular weight is 563 g/mol. The number of carbonyl (C=O) groups is 2. The molecule has 0 aliphatic carbocycles. The van der Waals surface area contributed by atoms with Crippen LogP contribution in [0.25, 0.3) is 10.8 Å². The zero-order valence-corrected chi connectivity index (χ0v) is 22.9. The van der Waals surface area contributed by atoms with E-state index in [9.17, 15) is 18.0 Å². The normalized spacial score (nSPS) is 14.5. The molecule has 39 heavy (non-hydrogen) atoms. The van der Waals surface area contributed by atoms with Crippen molar-refractivity contribution in [3.05, 3.63) is 107 Å². The summed E-state index contributed by atoms with van der Waals surface area (Å²) >= 11 is 0. The zero-order chi connectivity index (χ0) is 27.2. The van der Waals surface area contributed by atoms with Gasteiger partial charge >= 0.3 is 0 Å². The third-order valence-electron chi connectivity index (χ3n) is 6.85. The molecule has 0 atom stereocenters. The summed E-state index contributed by atoms with van der Waals surface area (Å²) in [6, 6.07) is 23.7. The molecule has 8 nitrogen and oxygen atoms in total. The van der Waals surface area contributed by atoms with Crippen LogP contribution >= 0.6 is 12.4 Å². The molecule has 0 spiro atoms. The summed E-state index contributed by atoms with van der Waals surface area (Å²) in [4.78, 5) is 28.2. The first kappa shape index (κ1) is 27.8. The Morgan fingerprint density at radius 1 is 0.949 bits per heavy atom. The second-order valence-electron chi connectivity index (χ2n) is 9.78. The Kier molecular flexibility index (Phi) is 7.25. The van der Waals surface area contributed by atoms with Gasteiger partial charge in [0.05, 0.1) is 16.9 Å². The van der Waals surface area contributed by atoms with E-state index in [1.807, 2.05) is 18.2 Å². The van der Waals surface area contributed by atoms with Crippen molar-refractivity contribution >= 4 is 56.5 Å². The molecule has 2 amide bonds. The highest BCUT2D eigenvalue weighted by atomic mass is 35.5. The number of imide groups is 1. The largest absolute Gasteiger partial charge is 0.384 e. The number of amides is 2. The van der Waals surface area contributed by atoms with E-state index in [-0.39, 0.29) is 46.8 Å². The number of nitrogen functional groups attached to an aromatic ring is 1. The number of amidine groups is 1. The van der Waals surface area contributed by atoms with Crippen LogP contribution < -0.4 is 10.5 Å². The zero-order valence-electron chi connectivity index (χ0n) is 21.3. The van der Waals surface area contributed by atoms with Crippen LogP contribution in [0.2, 0.25) is 0 Å². The molecule has 0 saturated carbocycles. The number of rotatable bonds is 6. The molecular formula is C29H27ClN4O4S. The number of hydrogen-bond acceptors (Lipinski definition) is 5. The van der Waals surface area contributed by atoms with E-state index >= 15 is 0 Å². The number of fused-ring (bicyclic) bond motifs is 2. The Morgan fingerprint density at radius 2 is 1.62 bits per heavy atom. The number of sulfonamides is 1. The lowest BCUT2D eigenvalue weighted by Crippen LogP contribution is -2.51. The first-order valence-corrected chi connectivity index (χ1v) is 13.4. The number of nitrogens with one attached hydrogen (secondary N) is 2. The third kappa shape index (κ3) is 4.98. The minimum absolute atomic E-state index is 0. The molecule has 1 aliphatic rings. The molecule has 1 heterocycles. The van der Waals surface area contributed by atoms with Crippen molar-refractivity contribution in [1.29, 1.82) is 5.41 Å². The summed E-state index contributed by atoms with van der Waals surface area (Å²) < 4.78 is 29.3. The molecule has 0 fully saturated rings. The van der Waals surface area contributed by atoms with Gasteiger partial charge in [0, 0.05) is 22.2 Å². The minimum atomic E-state index is -3.97. The van der Waals surface area contributed by atoms with Gasteiger partial charge in [-0.05, 0) is 48.6 Å². The predicted molar refractivity (Wildman–Crippen MR) is 154 cm³/mol. The van der Waals surface area contributed by atoms with Gasteiger partial charge in [-0.3, -0.25) is 24.6 Å². The van der Waals surface area contributed by atoms with Crippen molar-refractivity contribution in [2.75, 3.05) is 4.72 Å². The summed E-state index contributed by atoms with van der Waals surface area (Å²) in [7, 11) is -3.97. The van der Waals surface area contributed by atoms with Gasteiger partial charge in [0.1, 0.15) is 5.84 Å². The van der Waals surface area contributed by atoms with Crippen LogP contribution in [0.15, 0.2) is 89.8 Å². The number of anilines is 1. The molecule has 1 aliphatic heterocycles. The van der Waals surface area contributed by atoms with E-state index in [1.165, 1.54) is 17.0 Å². The van der Waals surface area contributed by atoms with Crippen LogP contribution in [0.3, 0.4) is 0 Å². The van der Waals surface area contributed by atoms with Gasteiger partial charge in [-0.1, -0.05) is 66.7 Å². The Hall–Kier alpha value is -4.21. The monoisotopic (exact) mass is 562 g/mol. The lowest BCUT2D eigenvalue weighted by atomic mass is 9.77. The maximum atomic E-state index is 13.5. The molecule has 0 radical (unpaired) electrons. The molecule has 200 valence electrons. The van der Waals surface area contributed by atoms with E-state index in [4.69, 9.17) is 11.1 Å². The molecule has 4 aromatic carbocycles. The molecular weight excluding hydrogens is 536 g/mol. The highest BCUT2D eigenvalue weighted by Gasteiger charge is 2.44. The molecule has 4 N–H and O–H groups in total. The topological polar surface area (TPSA) is 133 Å². The van der Waals surface area contributed by atoms with E-state index in [1.54, 1.807) is 68.4 Å². The number of hydrogen-bond donors (Lipinski definition) is 3. The van der Waals surface area contributed by atoms with Gasteiger partial charge in [-0.15, -0.1) is 12.4 Å². The van der Waals surface area contributed by atoms with E-state index in [0.29, 0.717) is 22.1 Å². The van der Waals surface area contributed by atoms with Gasteiger partial charge in [0.25, 0.3) is 15.9 Å². The van der Waals surface area contributed by atoms with Crippen molar-refractivity contribution in [2.45, 2.75) is 30.7 Å². The van der Waals surface area contributed by atoms with E-state index in [2.05, 4.69) is 4.72 Å². The van der Waals surface area contributed by atoms with Crippen molar-refractivity contribution in [3.8, 4) is 0 Å². The van der Waals surface area contributed by atoms with Gasteiger partial charge in [-0.25, -0.2) is 8.42 Å². The van der Waals surface area contributed by atoms with Crippen molar-refractivity contribution in [2.24, 2.45) is 5.73 Å². The molecule has 10 heteroatoms. The van der Waals surface area contributed by atoms with Crippen LogP contribution in [-0.2, 0) is 26.8 Å². The van der Waals surface area contributed by atoms with Crippen molar-refractivity contribution in [1.82, 2.24) is 4.90 Å². The number of nitrogens with zero attached hydrogens (tertiary/aromatic N) is 1. The fourth-order valence-corrected chi connectivity index (χ4v) is 6.06. The number of halogens is 1. The van der Waals surface area contributed by atoms with Crippen LogP contribution in [0, 0.1) is 5.41 Å².